The Hall–Kier alpha value is -0.610. The Morgan fingerprint density at radius 2 is 1.48 bits per heavy atom. The highest BCUT2D eigenvalue weighted by Crippen LogP contribution is 2.25. The topological polar surface area (TPSA) is 35.6 Å². The Morgan fingerprint density at radius 1 is 0.889 bits per heavy atom. The summed E-state index contributed by atoms with van der Waals surface area (Å²) >= 11 is 0. The van der Waals surface area contributed by atoms with E-state index in [0.717, 1.165) is 43.9 Å². The second kappa shape index (κ2) is 12.1. The van der Waals surface area contributed by atoms with Crippen LogP contribution in [0.1, 0.15) is 72.6 Å². The number of amides is 1. The lowest BCUT2D eigenvalue weighted by Gasteiger charge is -2.37. The summed E-state index contributed by atoms with van der Waals surface area (Å²) in [6, 6.07) is 0. The van der Waals surface area contributed by atoms with E-state index in [1.165, 1.54) is 64.6 Å². The molecule has 1 saturated carbocycles. The zero-order valence-electron chi connectivity index (χ0n) is 18.5. The summed E-state index contributed by atoms with van der Waals surface area (Å²) in [7, 11) is 0. The van der Waals surface area contributed by atoms with Gasteiger partial charge in [0.25, 0.3) is 0 Å². The van der Waals surface area contributed by atoms with Crippen LogP contribution in [0.3, 0.4) is 0 Å². The first-order valence-corrected chi connectivity index (χ1v) is 11.7. The van der Waals surface area contributed by atoms with Crippen molar-refractivity contribution in [1.82, 2.24) is 15.1 Å². The summed E-state index contributed by atoms with van der Waals surface area (Å²) < 4.78 is 0. The standard InChI is InChI=1S/C15H28N2O.C8H17N/c1-13(2)15(18)17-10-8-16(9-11-17)12-14-6-4-3-5-7-14;1-7(2)8-3-5-9-6-4-8/h13-14H,3-12H2,1-2H3;7-9H,3-6H2,1-2H3. The minimum atomic E-state index is 0.148. The van der Waals surface area contributed by atoms with Gasteiger partial charge in [-0.2, -0.15) is 0 Å². The first-order chi connectivity index (χ1) is 13.0. The third kappa shape index (κ3) is 8.11. The van der Waals surface area contributed by atoms with Gasteiger partial charge in [0.2, 0.25) is 5.91 Å². The number of hydrogen-bond donors (Lipinski definition) is 1. The van der Waals surface area contributed by atoms with Crippen LogP contribution < -0.4 is 5.32 Å². The van der Waals surface area contributed by atoms with Gasteiger partial charge in [0, 0.05) is 38.6 Å². The number of nitrogens with one attached hydrogen (secondary N) is 1. The summed E-state index contributed by atoms with van der Waals surface area (Å²) in [4.78, 5) is 16.5. The van der Waals surface area contributed by atoms with Gasteiger partial charge in [0.05, 0.1) is 0 Å². The third-order valence-corrected chi connectivity index (χ3v) is 6.75. The summed E-state index contributed by atoms with van der Waals surface area (Å²) in [6.45, 7) is 16.4. The average Bonchev–Trinajstić information content (AvgIpc) is 2.70. The quantitative estimate of drug-likeness (QED) is 0.802. The van der Waals surface area contributed by atoms with Gasteiger partial charge in [-0.1, -0.05) is 47.0 Å². The molecular weight excluding hydrogens is 334 g/mol. The predicted molar refractivity (Wildman–Crippen MR) is 115 cm³/mol. The average molecular weight is 380 g/mol. The second-order valence-electron chi connectivity index (χ2n) is 9.62. The number of carbonyl (C=O) groups excluding carboxylic acids is 1. The molecule has 2 aliphatic heterocycles. The largest absolute Gasteiger partial charge is 0.340 e. The molecule has 4 nitrogen and oxygen atoms in total. The van der Waals surface area contributed by atoms with E-state index in [1.54, 1.807) is 0 Å². The highest BCUT2D eigenvalue weighted by atomic mass is 16.2. The molecule has 0 unspecified atom stereocenters. The molecule has 2 heterocycles. The minimum Gasteiger partial charge on any atom is -0.340 e. The van der Waals surface area contributed by atoms with Gasteiger partial charge >= 0.3 is 0 Å². The predicted octanol–water partition coefficient (Wildman–Crippen LogP) is 4.01. The molecule has 2 saturated heterocycles. The number of hydrogen-bond acceptors (Lipinski definition) is 3. The van der Waals surface area contributed by atoms with E-state index in [1.807, 2.05) is 18.7 Å². The Kier molecular flexibility index (Phi) is 10.1. The first kappa shape index (κ1) is 22.7. The van der Waals surface area contributed by atoms with E-state index in [-0.39, 0.29) is 5.92 Å². The van der Waals surface area contributed by atoms with Crippen molar-refractivity contribution in [3.63, 3.8) is 0 Å². The van der Waals surface area contributed by atoms with E-state index < -0.39 is 0 Å². The SMILES string of the molecule is CC(C)C(=O)N1CCN(CC2CCCCC2)CC1.CC(C)C1CCNCC1. The molecule has 0 bridgehead atoms. The van der Waals surface area contributed by atoms with E-state index in [4.69, 9.17) is 0 Å². The van der Waals surface area contributed by atoms with Crippen molar-refractivity contribution in [3.05, 3.63) is 0 Å². The summed E-state index contributed by atoms with van der Waals surface area (Å²) in [5.74, 6) is 3.28. The lowest BCUT2D eigenvalue weighted by Crippen LogP contribution is -2.50. The zero-order valence-corrected chi connectivity index (χ0v) is 18.5. The number of carbonyl (C=O) groups is 1. The lowest BCUT2D eigenvalue weighted by molar-refractivity contribution is -0.136. The molecule has 4 heteroatoms. The Morgan fingerprint density at radius 3 is 1.96 bits per heavy atom. The van der Waals surface area contributed by atoms with Gasteiger partial charge in [0.15, 0.2) is 0 Å². The van der Waals surface area contributed by atoms with Crippen LogP contribution in [0.15, 0.2) is 0 Å². The van der Waals surface area contributed by atoms with Crippen LogP contribution in [-0.4, -0.2) is 61.5 Å². The fourth-order valence-corrected chi connectivity index (χ4v) is 4.76. The summed E-state index contributed by atoms with van der Waals surface area (Å²) in [5.41, 5.74) is 0. The maximum absolute atomic E-state index is 11.9. The van der Waals surface area contributed by atoms with Crippen molar-refractivity contribution in [2.24, 2.45) is 23.7 Å². The van der Waals surface area contributed by atoms with Crippen molar-refractivity contribution in [1.29, 1.82) is 0 Å². The van der Waals surface area contributed by atoms with Crippen molar-refractivity contribution in [2.45, 2.75) is 72.6 Å². The van der Waals surface area contributed by atoms with E-state index in [0.29, 0.717) is 5.91 Å². The number of piperazine rings is 1. The molecule has 3 aliphatic rings. The smallest absolute Gasteiger partial charge is 0.225 e. The summed E-state index contributed by atoms with van der Waals surface area (Å²) in [6.07, 6.45) is 9.91. The monoisotopic (exact) mass is 379 g/mol. The molecule has 1 aliphatic carbocycles. The number of piperidine rings is 1. The normalized spacial score (nSPS) is 23.4. The molecule has 0 radical (unpaired) electrons. The van der Waals surface area contributed by atoms with Crippen LogP contribution in [0.25, 0.3) is 0 Å². The van der Waals surface area contributed by atoms with Crippen molar-refractivity contribution >= 4 is 5.91 Å². The lowest BCUT2D eigenvalue weighted by atomic mass is 9.87. The number of rotatable bonds is 4. The van der Waals surface area contributed by atoms with E-state index >= 15 is 0 Å². The fraction of sp³-hybridized carbons (Fsp3) is 0.957. The Labute approximate surface area is 168 Å². The highest BCUT2D eigenvalue weighted by Gasteiger charge is 2.24. The molecule has 0 atom stereocenters. The molecule has 1 N–H and O–H groups in total. The molecule has 0 aromatic carbocycles. The first-order valence-electron chi connectivity index (χ1n) is 11.7. The van der Waals surface area contributed by atoms with Crippen molar-refractivity contribution in [3.8, 4) is 0 Å². The molecular formula is C23H45N3O. The molecule has 0 spiro atoms. The van der Waals surface area contributed by atoms with Gasteiger partial charge < -0.3 is 10.2 Å². The van der Waals surface area contributed by atoms with Crippen molar-refractivity contribution in [2.75, 3.05) is 45.8 Å². The number of nitrogens with zero attached hydrogens (tertiary/aromatic N) is 2. The summed E-state index contributed by atoms with van der Waals surface area (Å²) in [5, 5.41) is 3.37. The maximum Gasteiger partial charge on any atom is 0.225 e. The molecule has 3 fully saturated rings. The molecule has 158 valence electrons. The van der Waals surface area contributed by atoms with Gasteiger partial charge in [-0.3, -0.25) is 9.69 Å². The van der Waals surface area contributed by atoms with E-state index in [9.17, 15) is 4.79 Å². The fourth-order valence-electron chi connectivity index (χ4n) is 4.76. The Bertz CT molecular complexity index is 404. The minimum absolute atomic E-state index is 0.148. The molecule has 0 aromatic rings. The second-order valence-corrected chi connectivity index (χ2v) is 9.62. The van der Waals surface area contributed by atoms with E-state index in [2.05, 4.69) is 24.1 Å². The van der Waals surface area contributed by atoms with Gasteiger partial charge in [0.1, 0.15) is 0 Å². The van der Waals surface area contributed by atoms with Crippen molar-refractivity contribution < 1.29 is 4.79 Å². The van der Waals surface area contributed by atoms with Gasteiger partial charge in [-0.15, -0.1) is 0 Å². The maximum atomic E-state index is 11.9. The zero-order chi connectivity index (χ0) is 19.6. The molecule has 1 amide bonds. The molecule has 27 heavy (non-hydrogen) atoms. The highest BCUT2D eigenvalue weighted by molar-refractivity contribution is 5.78. The van der Waals surface area contributed by atoms with Crippen LogP contribution >= 0.6 is 0 Å². The van der Waals surface area contributed by atoms with Crippen LogP contribution in [-0.2, 0) is 4.79 Å². The van der Waals surface area contributed by atoms with Crippen LogP contribution in [0, 0.1) is 23.7 Å². The van der Waals surface area contributed by atoms with Gasteiger partial charge in [-0.05, 0) is 56.5 Å². The Balaban J connectivity index is 0.000000244. The van der Waals surface area contributed by atoms with Crippen LogP contribution in [0.4, 0.5) is 0 Å². The molecule has 0 aromatic heterocycles. The molecule has 3 rings (SSSR count). The van der Waals surface area contributed by atoms with Gasteiger partial charge in [-0.25, -0.2) is 0 Å². The van der Waals surface area contributed by atoms with Crippen LogP contribution in [0.5, 0.6) is 0 Å². The third-order valence-electron chi connectivity index (χ3n) is 6.75. The van der Waals surface area contributed by atoms with Crippen LogP contribution in [0.2, 0.25) is 0 Å².